The van der Waals surface area contributed by atoms with E-state index in [4.69, 9.17) is 4.74 Å². The van der Waals surface area contributed by atoms with Crippen molar-refractivity contribution in [2.45, 2.75) is 6.42 Å². The minimum Gasteiger partial charge on any atom is -0.493 e. The number of ether oxygens (including phenoxy) is 1. The lowest BCUT2D eigenvalue weighted by molar-refractivity contribution is 0.289. The first-order valence-corrected chi connectivity index (χ1v) is 4.28. The Kier molecular flexibility index (Phi) is 4.03. The molecule has 0 unspecified atom stereocenters. The third-order valence-corrected chi connectivity index (χ3v) is 1.66. The summed E-state index contributed by atoms with van der Waals surface area (Å²) in [5.74, 6) is 0.777. The average molecular weight is 180 g/mol. The highest BCUT2D eigenvalue weighted by atomic mass is 19.1. The van der Waals surface area contributed by atoms with E-state index in [2.05, 4.69) is 6.58 Å². The standard InChI is InChI=1S/C11H13FO/c1-2-10-4-6-11(7-5-10)13-9-3-8-12/h2,4-7H,1,3,8-9H2. The van der Waals surface area contributed by atoms with Gasteiger partial charge in [-0.05, 0) is 17.7 Å². The molecule has 0 aromatic heterocycles. The fourth-order valence-electron chi connectivity index (χ4n) is 0.945. The SMILES string of the molecule is C=Cc1ccc(OCCCF)cc1. The minimum absolute atomic E-state index is 0.329. The summed E-state index contributed by atoms with van der Waals surface area (Å²) in [5.41, 5.74) is 1.05. The summed E-state index contributed by atoms with van der Waals surface area (Å²) in [6.45, 7) is 3.75. The predicted octanol–water partition coefficient (Wildman–Crippen LogP) is 3.07. The van der Waals surface area contributed by atoms with Crippen LogP contribution in [0.1, 0.15) is 12.0 Å². The van der Waals surface area contributed by atoms with Gasteiger partial charge in [0.1, 0.15) is 5.75 Å². The van der Waals surface area contributed by atoms with Gasteiger partial charge in [-0.3, -0.25) is 4.39 Å². The molecule has 0 spiro atoms. The number of alkyl halides is 1. The van der Waals surface area contributed by atoms with Gasteiger partial charge in [0.15, 0.2) is 0 Å². The quantitative estimate of drug-likeness (QED) is 0.633. The van der Waals surface area contributed by atoms with Crippen LogP contribution in [0.3, 0.4) is 0 Å². The summed E-state index contributed by atoms with van der Waals surface area (Å²) in [6, 6.07) is 7.54. The minimum atomic E-state index is -0.329. The molecule has 70 valence electrons. The summed E-state index contributed by atoms with van der Waals surface area (Å²) in [7, 11) is 0. The Hall–Kier alpha value is -1.31. The zero-order chi connectivity index (χ0) is 9.52. The molecule has 1 rings (SSSR count). The molecule has 0 heterocycles. The Morgan fingerprint density at radius 1 is 1.31 bits per heavy atom. The van der Waals surface area contributed by atoms with Gasteiger partial charge < -0.3 is 4.74 Å². The van der Waals surface area contributed by atoms with Crippen molar-refractivity contribution in [3.8, 4) is 5.75 Å². The van der Waals surface area contributed by atoms with Crippen molar-refractivity contribution in [2.75, 3.05) is 13.3 Å². The molecule has 2 heteroatoms. The fourth-order valence-corrected chi connectivity index (χ4v) is 0.945. The maximum absolute atomic E-state index is 11.7. The maximum atomic E-state index is 11.7. The second-order valence-corrected chi connectivity index (χ2v) is 2.66. The van der Waals surface area contributed by atoms with Crippen LogP contribution in [0.25, 0.3) is 6.08 Å². The van der Waals surface area contributed by atoms with E-state index in [1.807, 2.05) is 24.3 Å². The third-order valence-electron chi connectivity index (χ3n) is 1.66. The average Bonchev–Trinajstić information content (AvgIpc) is 2.19. The van der Waals surface area contributed by atoms with E-state index >= 15 is 0 Å². The van der Waals surface area contributed by atoms with E-state index in [1.54, 1.807) is 6.08 Å². The molecule has 1 aromatic rings. The van der Waals surface area contributed by atoms with E-state index < -0.39 is 0 Å². The second-order valence-electron chi connectivity index (χ2n) is 2.66. The van der Waals surface area contributed by atoms with Crippen LogP contribution in [0.15, 0.2) is 30.8 Å². The summed E-state index contributed by atoms with van der Waals surface area (Å²) in [5, 5.41) is 0. The molecule has 0 aliphatic rings. The van der Waals surface area contributed by atoms with Crippen molar-refractivity contribution < 1.29 is 9.13 Å². The van der Waals surface area contributed by atoms with E-state index in [0.717, 1.165) is 11.3 Å². The molecule has 0 N–H and O–H groups in total. The highest BCUT2D eigenvalue weighted by molar-refractivity contribution is 5.48. The lowest BCUT2D eigenvalue weighted by atomic mass is 10.2. The molecule has 0 bridgehead atoms. The van der Waals surface area contributed by atoms with Gasteiger partial charge >= 0.3 is 0 Å². The van der Waals surface area contributed by atoms with Gasteiger partial charge in [0.05, 0.1) is 13.3 Å². The van der Waals surface area contributed by atoms with Crippen LogP contribution in [-0.4, -0.2) is 13.3 Å². The lowest BCUT2D eigenvalue weighted by Gasteiger charge is -2.04. The number of halogens is 1. The van der Waals surface area contributed by atoms with Crippen molar-refractivity contribution in [1.29, 1.82) is 0 Å². The fraction of sp³-hybridized carbons (Fsp3) is 0.273. The lowest BCUT2D eigenvalue weighted by Crippen LogP contribution is -1.97. The Morgan fingerprint density at radius 3 is 2.54 bits per heavy atom. The number of rotatable bonds is 5. The van der Waals surface area contributed by atoms with Gasteiger partial charge in [0.2, 0.25) is 0 Å². The summed E-state index contributed by atoms with van der Waals surface area (Å²) in [4.78, 5) is 0. The van der Waals surface area contributed by atoms with Gasteiger partial charge in [-0.2, -0.15) is 0 Å². The first-order chi connectivity index (χ1) is 6.36. The zero-order valence-corrected chi connectivity index (χ0v) is 7.50. The van der Waals surface area contributed by atoms with Gasteiger partial charge in [-0.15, -0.1) is 0 Å². The molecular weight excluding hydrogens is 167 g/mol. The van der Waals surface area contributed by atoms with Crippen LogP contribution in [-0.2, 0) is 0 Å². The molecule has 0 saturated carbocycles. The molecule has 0 aliphatic heterocycles. The molecular formula is C11H13FO. The van der Waals surface area contributed by atoms with Crippen LogP contribution >= 0.6 is 0 Å². The molecule has 0 radical (unpaired) electrons. The van der Waals surface area contributed by atoms with Crippen LogP contribution in [0.2, 0.25) is 0 Å². The topological polar surface area (TPSA) is 9.23 Å². The van der Waals surface area contributed by atoms with E-state index in [1.165, 1.54) is 0 Å². The molecule has 1 aromatic carbocycles. The first kappa shape index (κ1) is 9.78. The summed E-state index contributed by atoms with van der Waals surface area (Å²) < 4.78 is 17.0. The zero-order valence-electron chi connectivity index (χ0n) is 7.50. The monoisotopic (exact) mass is 180 g/mol. The highest BCUT2D eigenvalue weighted by Crippen LogP contribution is 2.12. The largest absolute Gasteiger partial charge is 0.493 e. The number of hydrogen-bond donors (Lipinski definition) is 0. The van der Waals surface area contributed by atoms with Crippen molar-refractivity contribution in [2.24, 2.45) is 0 Å². The summed E-state index contributed by atoms with van der Waals surface area (Å²) in [6.07, 6.45) is 2.22. The smallest absolute Gasteiger partial charge is 0.119 e. The van der Waals surface area contributed by atoms with E-state index in [9.17, 15) is 4.39 Å². The first-order valence-electron chi connectivity index (χ1n) is 4.28. The van der Waals surface area contributed by atoms with Crippen LogP contribution in [0.5, 0.6) is 5.75 Å². The molecule has 0 saturated heterocycles. The molecule has 0 aliphatic carbocycles. The van der Waals surface area contributed by atoms with Crippen molar-refractivity contribution in [3.63, 3.8) is 0 Å². The van der Waals surface area contributed by atoms with Crippen molar-refractivity contribution in [1.82, 2.24) is 0 Å². The van der Waals surface area contributed by atoms with Gasteiger partial charge in [-0.25, -0.2) is 0 Å². The van der Waals surface area contributed by atoms with Crippen LogP contribution < -0.4 is 4.74 Å². The number of benzene rings is 1. The molecule has 13 heavy (non-hydrogen) atoms. The summed E-state index contributed by atoms with van der Waals surface area (Å²) >= 11 is 0. The van der Waals surface area contributed by atoms with Gasteiger partial charge in [0.25, 0.3) is 0 Å². The Labute approximate surface area is 77.8 Å². The Morgan fingerprint density at radius 2 is 2.00 bits per heavy atom. The Bertz CT molecular complexity index is 253. The molecule has 0 amide bonds. The molecule has 0 atom stereocenters. The van der Waals surface area contributed by atoms with E-state index in [-0.39, 0.29) is 6.67 Å². The van der Waals surface area contributed by atoms with Gasteiger partial charge in [0, 0.05) is 6.42 Å². The molecule has 1 nitrogen and oxygen atoms in total. The highest BCUT2D eigenvalue weighted by Gasteiger charge is 1.92. The van der Waals surface area contributed by atoms with Crippen LogP contribution in [0.4, 0.5) is 4.39 Å². The van der Waals surface area contributed by atoms with Gasteiger partial charge in [-0.1, -0.05) is 24.8 Å². The van der Waals surface area contributed by atoms with E-state index in [0.29, 0.717) is 13.0 Å². The molecule has 0 fully saturated rings. The second kappa shape index (κ2) is 5.36. The Balaban J connectivity index is 2.44. The third kappa shape index (κ3) is 3.28. The normalized spacial score (nSPS) is 9.62. The predicted molar refractivity (Wildman–Crippen MR) is 52.6 cm³/mol. The van der Waals surface area contributed by atoms with Crippen molar-refractivity contribution >= 4 is 6.08 Å². The number of hydrogen-bond acceptors (Lipinski definition) is 1. The van der Waals surface area contributed by atoms with Crippen LogP contribution in [0, 0.1) is 0 Å². The maximum Gasteiger partial charge on any atom is 0.119 e. The van der Waals surface area contributed by atoms with Crippen molar-refractivity contribution in [3.05, 3.63) is 36.4 Å².